The molecule has 0 radical (unpaired) electrons. The van der Waals surface area contributed by atoms with Gasteiger partial charge in [-0.1, -0.05) is 6.07 Å². The first-order valence-electron chi connectivity index (χ1n) is 9.94. The molecule has 0 bridgehead atoms. The smallest absolute Gasteiger partial charge is 0.356 e. The van der Waals surface area contributed by atoms with Crippen molar-refractivity contribution in [1.82, 2.24) is 9.55 Å². The number of hydrogen-bond donors (Lipinski definition) is 1. The topological polar surface area (TPSA) is 46.9 Å². The van der Waals surface area contributed by atoms with Crippen LogP contribution in [0.1, 0.15) is 5.56 Å². The number of hydrogen-bond acceptors (Lipinski definition) is 3. The molecule has 0 aliphatic carbocycles. The third-order valence-electron chi connectivity index (χ3n) is 5.28. The molecule has 3 aromatic carbocycles. The summed E-state index contributed by atoms with van der Waals surface area (Å²) >= 11 is 0. The summed E-state index contributed by atoms with van der Waals surface area (Å²) in [5.74, 6) is -0.362. The Morgan fingerprint density at radius 1 is 0.848 bits per heavy atom. The van der Waals surface area contributed by atoms with Gasteiger partial charge in [-0.25, -0.2) is 4.39 Å². The van der Waals surface area contributed by atoms with E-state index in [4.69, 9.17) is 0 Å². The summed E-state index contributed by atoms with van der Waals surface area (Å²) in [6.45, 7) is 0. The maximum atomic E-state index is 13.3. The molecule has 0 aliphatic rings. The lowest BCUT2D eigenvalue weighted by molar-refractivity contribution is -0.137. The number of halogens is 4. The van der Waals surface area contributed by atoms with Gasteiger partial charge in [0, 0.05) is 40.1 Å². The van der Waals surface area contributed by atoms with E-state index in [2.05, 4.69) is 10.3 Å². The van der Waals surface area contributed by atoms with E-state index >= 15 is 0 Å². The second-order valence-electron chi connectivity index (χ2n) is 7.48. The molecule has 1 N–H and O–H groups in total. The van der Waals surface area contributed by atoms with Crippen LogP contribution in [0.15, 0.2) is 89.9 Å². The fourth-order valence-corrected chi connectivity index (χ4v) is 3.77. The largest absolute Gasteiger partial charge is 0.416 e. The van der Waals surface area contributed by atoms with Crippen LogP contribution >= 0.6 is 0 Å². The number of fused-ring (bicyclic) bond motifs is 3. The Morgan fingerprint density at radius 2 is 1.61 bits per heavy atom. The van der Waals surface area contributed by atoms with Gasteiger partial charge in [-0.2, -0.15) is 13.2 Å². The van der Waals surface area contributed by atoms with Gasteiger partial charge in [0.05, 0.1) is 16.6 Å². The van der Waals surface area contributed by atoms with Crippen molar-refractivity contribution in [2.75, 3.05) is 5.32 Å². The van der Waals surface area contributed by atoms with Gasteiger partial charge in [0.1, 0.15) is 5.82 Å². The number of benzene rings is 3. The number of nitrogens with one attached hydrogen (secondary N) is 1. The molecular formula is C25H15F4N3O. The highest BCUT2D eigenvalue weighted by Gasteiger charge is 2.30. The van der Waals surface area contributed by atoms with Crippen LogP contribution in [0.3, 0.4) is 0 Å². The molecule has 0 atom stereocenters. The highest BCUT2D eigenvalue weighted by molar-refractivity contribution is 6.05. The molecule has 0 spiro atoms. The second kappa shape index (κ2) is 7.74. The van der Waals surface area contributed by atoms with Crippen LogP contribution in [0.5, 0.6) is 0 Å². The van der Waals surface area contributed by atoms with E-state index in [9.17, 15) is 22.4 Å². The molecule has 0 fully saturated rings. The Morgan fingerprint density at radius 3 is 2.36 bits per heavy atom. The molecule has 8 heteroatoms. The predicted molar refractivity (Wildman–Crippen MR) is 120 cm³/mol. The zero-order chi connectivity index (χ0) is 23.2. The van der Waals surface area contributed by atoms with Crippen LogP contribution in [-0.2, 0) is 6.18 Å². The van der Waals surface area contributed by atoms with Crippen molar-refractivity contribution in [2.45, 2.75) is 6.18 Å². The zero-order valence-electron chi connectivity index (χ0n) is 16.9. The molecule has 0 saturated heterocycles. The monoisotopic (exact) mass is 449 g/mol. The third kappa shape index (κ3) is 3.91. The van der Waals surface area contributed by atoms with Gasteiger partial charge in [-0.3, -0.25) is 14.3 Å². The molecule has 0 saturated carbocycles. The number of nitrogens with zero attached hydrogens (tertiary/aromatic N) is 2. The van der Waals surface area contributed by atoms with Crippen molar-refractivity contribution in [3.63, 3.8) is 0 Å². The van der Waals surface area contributed by atoms with Crippen molar-refractivity contribution in [1.29, 1.82) is 0 Å². The molecular weight excluding hydrogens is 434 g/mol. The SMILES string of the molecule is O=c1ccc2cnc3ccc(Nc4ccc(F)cc4)cc3c2n1-c1cccc(C(F)(F)F)c1. The minimum atomic E-state index is -4.54. The predicted octanol–water partition coefficient (Wildman–Crippen LogP) is 6.44. The van der Waals surface area contributed by atoms with E-state index < -0.39 is 17.3 Å². The molecule has 2 heterocycles. The summed E-state index contributed by atoms with van der Waals surface area (Å²) < 4.78 is 54.4. The van der Waals surface area contributed by atoms with E-state index in [1.54, 1.807) is 42.6 Å². The van der Waals surface area contributed by atoms with Crippen LogP contribution in [0.4, 0.5) is 28.9 Å². The van der Waals surface area contributed by atoms with Crippen molar-refractivity contribution >= 4 is 33.2 Å². The number of aromatic nitrogens is 2. The highest BCUT2D eigenvalue weighted by atomic mass is 19.4. The first-order valence-corrected chi connectivity index (χ1v) is 9.94. The van der Waals surface area contributed by atoms with Crippen molar-refractivity contribution < 1.29 is 17.6 Å². The summed E-state index contributed by atoms with van der Waals surface area (Å²) in [6.07, 6.45) is -2.96. The van der Waals surface area contributed by atoms with E-state index in [1.165, 1.54) is 34.9 Å². The normalized spacial score (nSPS) is 11.8. The van der Waals surface area contributed by atoms with Crippen LogP contribution in [0.25, 0.3) is 27.5 Å². The fourth-order valence-electron chi connectivity index (χ4n) is 3.77. The van der Waals surface area contributed by atoms with Crippen LogP contribution in [0.2, 0.25) is 0 Å². The number of rotatable bonds is 3. The molecule has 5 rings (SSSR count). The molecule has 164 valence electrons. The molecule has 0 unspecified atom stereocenters. The van der Waals surface area contributed by atoms with E-state index in [-0.39, 0.29) is 11.5 Å². The van der Waals surface area contributed by atoms with E-state index in [0.29, 0.717) is 33.2 Å². The lowest BCUT2D eigenvalue weighted by Gasteiger charge is -2.15. The van der Waals surface area contributed by atoms with Gasteiger partial charge in [-0.15, -0.1) is 0 Å². The lowest BCUT2D eigenvalue weighted by atomic mass is 10.1. The van der Waals surface area contributed by atoms with Crippen molar-refractivity contribution in [2.24, 2.45) is 0 Å². The standard InChI is InChI=1S/C25H15F4N3O/c26-17-5-7-18(8-6-17)31-19-9-10-22-21(13-19)24-15(14-30-22)4-11-23(33)32(24)20-3-1-2-16(12-20)25(27,28)29/h1-14,31H. The first-order chi connectivity index (χ1) is 15.8. The quantitative estimate of drug-likeness (QED) is 0.255. The Kier molecular flexibility index (Phi) is 4.85. The maximum absolute atomic E-state index is 13.3. The Balaban J connectivity index is 1.74. The molecule has 0 amide bonds. The van der Waals surface area contributed by atoms with Gasteiger partial charge in [0.2, 0.25) is 0 Å². The maximum Gasteiger partial charge on any atom is 0.416 e. The summed E-state index contributed by atoms with van der Waals surface area (Å²) in [5.41, 5.74) is 1.10. The summed E-state index contributed by atoms with van der Waals surface area (Å²) in [7, 11) is 0. The fraction of sp³-hybridized carbons (Fsp3) is 0.0400. The minimum Gasteiger partial charge on any atom is -0.356 e. The summed E-state index contributed by atoms with van der Waals surface area (Å²) in [5, 5.41) is 4.33. The Labute approximate surface area is 184 Å². The second-order valence-corrected chi connectivity index (χ2v) is 7.48. The van der Waals surface area contributed by atoms with Gasteiger partial charge in [-0.05, 0) is 66.7 Å². The molecule has 2 aromatic heterocycles. The Hall–Kier alpha value is -4.20. The van der Waals surface area contributed by atoms with Crippen LogP contribution < -0.4 is 10.9 Å². The van der Waals surface area contributed by atoms with Gasteiger partial charge in [0.15, 0.2) is 0 Å². The summed E-state index contributed by atoms with van der Waals surface area (Å²) in [4.78, 5) is 17.3. The average Bonchev–Trinajstić information content (AvgIpc) is 2.80. The van der Waals surface area contributed by atoms with Gasteiger partial charge >= 0.3 is 6.18 Å². The average molecular weight is 449 g/mol. The summed E-state index contributed by atoms with van der Waals surface area (Å²) in [6, 6.07) is 18.6. The van der Waals surface area contributed by atoms with Gasteiger partial charge < -0.3 is 5.32 Å². The third-order valence-corrected chi connectivity index (χ3v) is 5.28. The minimum absolute atomic E-state index is 0.102. The molecule has 33 heavy (non-hydrogen) atoms. The number of anilines is 2. The van der Waals surface area contributed by atoms with Crippen molar-refractivity contribution in [3.8, 4) is 5.69 Å². The van der Waals surface area contributed by atoms with Crippen LogP contribution in [-0.4, -0.2) is 9.55 Å². The van der Waals surface area contributed by atoms with E-state index in [1.807, 2.05) is 0 Å². The molecule has 4 nitrogen and oxygen atoms in total. The lowest BCUT2D eigenvalue weighted by Crippen LogP contribution is -2.18. The molecule has 0 aliphatic heterocycles. The number of alkyl halides is 3. The van der Waals surface area contributed by atoms with Crippen LogP contribution in [0, 0.1) is 5.82 Å². The van der Waals surface area contributed by atoms with E-state index in [0.717, 1.165) is 12.1 Å². The zero-order valence-corrected chi connectivity index (χ0v) is 16.9. The van der Waals surface area contributed by atoms with Gasteiger partial charge in [0.25, 0.3) is 5.56 Å². The first kappa shape index (κ1) is 20.7. The van der Waals surface area contributed by atoms with Crippen molar-refractivity contribution in [3.05, 3.63) is 107 Å². The number of pyridine rings is 2. The molecule has 5 aromatic rings. The Bertz CT molecular complexity index is 1560. The highest BCUT2D eigenvalue weighted by Crippen LogP contribution is 2.32.